The highest BCUT2D eigenvalue weighted by Crippen LogP contribution is 2.23. The summed E-state index contributed by atoms with van der Waals surface area (Å²) in [5.41, 5.74) is 3.62. The topological polar surface area (TPSA) is 101 Å². The van der Waals surface area contributed by atoms with Gasteiger partial charge in [0.05, 0.1) is 11.0 Å². The fraction of sp³-hybridized carbons (Fsp3) is 0.320. The first kappa shape index (κ1) is 22.4. The Morgan fingerprint density at radius 1 is 1.18 bits per heavy atom. The van der Waals surface area contributed by atoms with Crippen molar-refractivity contribution in [3.8, 4) is 0 Å². The lowest BCUT2D eigenvalue weighted by Crippen LogP contribution is -2.47. The summed E-state index contributed by atoms with van der Waals surface area (Å²) in [4.78, 5) is 33.4. The Morgan fingerprint density at radius 2 is 1.94 bits per heavy atom. The number of fused-ring (bicyclic) bond motifs is 2. The number of aryl methyl sites for hydroxylation is 2. The van der Waals surface area contributed by atoms with Gasteiger partial charge in [-0.15, -0.1) is 0 Å². The Balaban J connectivity index is 1.60. The van der Waals surface area contributed by atoms with Crippen LogP contribution >= 0.6 is 0 Å². The van der Waals surface area contributed by atoms with Gasteiger partial charge in [0, 0.05) is 36.3 Å². The summed E-state index contributed by atoms with van der Waals surface area (Å²) in [7, 11) is 1.96. The first-order valence-corrected chi connectivity index (χ1v) is 10.9. The molecular formula is C25H29N5O3. The lowest BCUT2D eigenvalue weighted by Gasteiger charge is -2.23. The smallest absolute Gasteiger partial charge is 0.408 e. The predicted octanol–water partition coefficient (Wildman–Crippen LogP) is 4.44. The number of H-pyrrole nitrogens is 1. The fourth-order valence-electron chi connectivity index (χ4n) is 3.91. The van der Waals surface area contributed by atoms with Crippen LogP contribution in [0.2, 0.25) is 0 Å². The van der Waals surface area contributed by atoms with Crippen LogP contribution in [0.15, 0.2) is 48.7 Å². The van der Waals surface area contributed by atoms with Crippen LogP contribution in [0.25, 0.3) is 21.9 Å². The number of carbonyl (C=O) groups is 2. The van der Waals surface area contributed by atoms with Crippen LogP contribution in [-0.2, 0) is 23.0 Å². The number of imidazole rings is 1. The molecule has 172 valence electrons. The third kappa shape index (κ3) is 5.16. The molecule has 2 amide bonds. The number of hydrogen-bond acceptors (Lipinski definition) is 4. The number of aromatic nitrogens is 3. The van der Waals surface area contributed by atoms with Crippen molar-refractivity contribution in [2.24, 2.45) is 7.05 Å². The lowest BCUT2D eigenvalue weighted by atomic mass is 10.0. The van der Waals surface area contributed by atoms with E-state index in [0.717, 1.165) is 33.3 Å². The Bertz CT molecular complexity index is 1330. The van der Waals surface area contributed by atoms with E-state index < -0.39 is 17.7 Å². The molecule has 4 aromatic rings. The number of carbonyl (C=O) groups excluding carboxylic acids is 2. The molecule has 0 aliphatic rings. The van der Waals surface area contributed by atoms with E-state index >= 15 is 0 Å². The van der Waals surface area contributed by atoms with E-state index in [1.165, 1.54) is 0 Å². The summed E-state index contributed by atoms with van der Waals surface area (Å²) >= 11 is 0. The number of alkyl carbamates (subject to hydrolysis) is 1. The second-order valence-electron chi connectivity index (χ2n) is 9.23. The van der Waals surface area contributed by atoms with Crippen LogP contribution < -0.4 is 10.6 Å². The second-order valence-corrected chi connectivity index (χ2v) is 9.23. The average Bonchev–Trinajstić information content (AvgIpc) is 3.25. The van der Waals surface area contributed by atoms with Gasteiger partial charge in [-0.2, -0.15) is 0 Å². The predicted molar refractivity (Wildman–Crippen MR) is 129 cm³/mol. The summed E-state index contributed by atoms with van der Waals surface area (Å²) in [6.45, 7) is 7.24. The van der Waals surface area contributed by atoms with Gasteiger partial charge in [-0.1, -0.05) is 18.2 Å². The molecule has 8 heteroatoms. The molecule has 8 nitrogen and oxygen atoms in total. The largest absolute Gasteiger partial charge is 0.444 e. The molecule has 3 N–H and O–H groups in total. The third-order valence-corrected chi connectivity index (χ3v) is 5.28. The highest BCUT2D eigenvalue weighted by molar-refractivity contribution is 5.98. The zero-order valence-electron chi connectivity index (χ0n) is 19.5. The molecule has 0 fully saturated rings. The Kier molecular flexibility index (Phi) is 5.84. The van der Waals surface area contributed by atoms with Crippen LogP contribution in [0.1, 0.15) is 32.2 Å². The van der Waals surface area contributed by atoms with Gasteiger partial charge >= 0.3 is 6.09 Å². The summed E-state index contributed by atoms with van der Waals surface area (Å²) < 4.78 is 7.43. The van der Waals surface area contributed by atoms with Crippen molar-refractivity contribution in [3.63, 3.8) is 0 Å². The molecular weight excluding hydrogens is 418 g/mol. The number of nitrogens with zero attached hydrogens (tertiary/aromatic N) is 2. The van der Waals surface area contributed by atoms with Gasteiger partial charge in [0.15, 0.2) is 0 Å². The van der Waals surface area contributed by atoms with Gasteiger partial charge in [0.25, 0.3) is 0 Å². The van der Waals surface area contributed by atoms with Crippen molar-refractivity contribution in [2.45, 2.75) is 45.8 Å². The van der Waals surface area contributed by atoms with Crippen LogP contribution in [0, 0.1) is 6.92 Å². The number of aromatic amines is 1. The Morgan fingerprint density at radius 3 is 2.70 bits per heavy atom. The monoisotopic (exact) mass is 447 g/mol. The van der Waals surface area contributed by atoms with Gasteiger partial charge in [0.2, 0.25) is 5.91 Å². The van der Waals surface area contributed by atoms with Crippen molar-refractivity contribution in [1.29, 1.82) is 0 Å². The SMILES string of the molecule is Cc1nc2ccc(NC(=O)C(Cc3cn(C)c4ccccc34)NC(=O)OC(C)(C)C)cc2[nH]1. The van der Waals surface area contributed by atoms with Crippen molar-refractivity contribution < 1.29 is 14.3 Å². The molecule has 0 radical (unpaired) electrons. The normalized spacial score (nSPS) is 12.6. The molecule has 0 aliphatic carbocycles. The van der Waals surface area contributed by atoms with E-state index in [2.05, 4.69) is 20.6 Å². The molecule has 1 atom stereocenters. The molecule has 0 saturated heterocycles. The van der Waals surface area contributed by atoms with Crippen LogP contribution in [0.3, 0.4) is 0 Å². The molecule has 2 heterocycles. The minimum Gasteiger partial charge on any atom is -0.444 e. The summed E-state index contributed by atoms with van der Waals surface area (Å²) in [5.74, 6) is 0.471. The van der Waals surface area contributed by atoms with Crippen molar-refractivity contribution in [1.82, 2.24) is 19.9 Å². The average molecular weight is 448 g/mol. The van der Waals surface area contributed by atoms with Crippen LogP contribution in [0.4, 0.5) is 10.5 Å². The van der Waals surface area contributed by atoms with E-state index in [-0.39, 0.29) is 5.91 Å². The number of amides is 2. The molecule has 2 aromatic heterocycles. The van der Waals surface area contributed by atoms with Crippen molar-refractivity contribution >= 4 is 39.6 Å². The van der Waals surface area contributed by atoms with Gasteiger partial charge in [-0.25, -0.2) is 9.78 Å². The minimum absolute atomic E-state index is 0.317. The molecule has 0 bridgehead atoms. The summed E-state index contributed by atoms with van der Waals surface area (Å²) in [5, 5.41) is 6.72. The fourth-order valence-corrected chi connectivity index (χ4v) is 3.91. The number of anilines is 1. The van der Waals surface area contributed by atoms with Crippen LogP contribution in [-0.4, -0.2) is 38.2 Å². The molecule has 0 spiro atoms. The number of ether oxygens (including phenoxy) is 1. The number of hydrogen-bond donors (Lipinski definition) is 3. The molecule has 2 aromatic carbocycles. The van der Waals surface area contributed by atoms with E-state index in [1.807, 2.05) is 61.1 Å². The van der Waals surface area contributed by atoms with Gasteiger partial charge in [-0.05, 0) is 57.5 Å². The number of nitrogens with one attached hydrogen (secondary N) is 3. The van der Waals surface area contributed by atoms with E-state index in [9.17, 15) is 9.59 Å². The highest BCUT2D eigenvalue weighted by Gasteiger charge is 2.26. The number of rotatable bonds is 5. The van der Waals surface area contributed by atoms with Gasteiger partial charge in [-0.3, -0.25) is 4.79 Å². The summed E-state index contributed by atoms with van der Waals surface area (Å²) in [6.07, 6.45) is 1.67. The zero-order chi connectivity index (χ0) is 23.8. The molecule has 33 heavy (non-hydrogen) atoms. The zero-order valence-corrected chi connectivity index (χ0v) is 19.5. The Labute approximate surface area is 192 Å². The highest BCUT2D eigenvalue weighted by atomic mass is 16.6. The maximum Gasteiger partial charge on any atom is 0.408 e. The number of benzene rings is 2. The first-order valence-electron chi connectivity index (χ1n) is 10.9. The van der Waals surface area contributed by atoms with E-state index in [1.54, 1.807) is 26.8 Å². The standard InChI is InChI=1S/C25H29N5O3/c1-15-26-19-11-10-17(13-20(19)27-15)28-23(31)21(29-24(32)33-25(2,3)4)12-16-14-30(5)22-9-7-6-8-18(16)22/h6-11,13-14,21H,12H2,1-5H3,(H,26,27)(H,28,31)(H,29,32). The van der Waals surface area contributed by atoms with Crippen molar-refractivity contribution in [2.75, 3.05) is 5.32 Å². The maximum absolute atomic E-state index is 13.3. The first-order chi connectivity index (χ1) is 15.6. The maximum atomic E-state index is 13.3. The van der Waals surface area contributed by atoms with E-state index in [0.29, 0.717) is 12.1 Å². The molecule has 0 aliphatic heterocycles. The quantitative estimate of drug-likeness (QED) is 0.421. The summed E-state index contributed by atoms with van der Waals surface area (Å²) in [6, 6.07) is 12.6. The molecule has 0 saturated carbocycles. The molecule has 1 unspecified atom stereocenters. The minimum atomic E-state index is -0.829. The van der Waals surface area contributed by atoms with Crippen molar-refractivity contribution in [3.05, 3.63) is 60.0 Å². The lowest BCUT2D eigenvalue weighted by molar-refractivity contribution is -0.118. The second kappa shape index (κ2) is 8.61. The number of para-hydroxylation sites is 1. The van der Waals surface area contributed by atoms with Gasteiger partial charge < -0.3 is 24.9 Å². The molecule has 4 rings (SSSR count). The van der Waals surface area contributed by atoms with Crippen LogP contribution in [0.5, 0.6) is 0 Å². The van der Waals surface area contributed by atoms with E-state index in [4.69, 9.17) is 4.74 Å². The Hall–Kier alpha value is -3.81. The van der Waals surface area contributed by atoms with Gasteiger partial charge in [0.1, 0.15) is 17.5 Å². The third-order valence-electron chi connectivity index (χ3n) is 5.28.